The van der Waals surface area contributed by atoms with E-state index in [4.69, 9.17) is 0 Å². The highest BCUT2D eigenvalue weighted by Crippen LogP contribution is 2.23. The lowest BCUT2D eigenvalue weighted by molar-refractivity contribution is 0.286. The SMILES string of the molecule is C=CC1CCCCC(F)CCC1. The van der Waals surface area contributed by atoms with Gasteiger partial charge in [0.05, 0.1) is 0 Å². The molecule has 1 fully saturated rings. The molecule has 0 radical (unpaired) electrons. The third-order valence-electron chi connectivity index (χ3n) is 2.77. The quantitative estimate of drug-likeness (QED) is 0.524. The Morgan fingerprint density at radius 2 is 1.58 bits per heavy atom. The van der Waals surface area contributed by atoms with Crippen LogP contribution in [0.1, 0.15) is 44.9 Å². The minimum atomic E-state index is -0.534. The van der Waals surface area contributed by atoms with Crippen LogP contribution in [0.25, 0.3) is 0 Å². The van der Waals surface area contributed by atoms with E-state index in [2.05, 4.69) is 6.58 Å². The first-order chi connectivity index (χ1) is 5.83. The van der Waals surface area contributed by atoms with Gasteiger partial charge in [-0.15, -0.1) is 6.58 Å². The lowest BCUT2D eigenvalue weighted by Gasteiger charge is -2.09. The average Bonchev–Trinajstić information content (AvgIpc) is 2.17. The minimum Gasteiger partial charge on any atom is -0.247 e. The molecule has 0 aromatic carbocycles. The maximum absolute atomic E-state index is 13.0. The zero-order chi connectivity index (χ0) is 8.81. The number of alkyl halides is 1. The van der Waals surface area contributed by atoms with E-state index in [9.17, 15) is 4.39 Å². The number of hydrogen-bond acceptors (Lipinski definition) is 0. The van der Waals surface area contributed by atoms with Crippen molar-refractivity contribution in [3.63, 3.8) is 0 Å². The molecule has 70 valence electrons. The predicted molar refractivity (Wildman–Crippen MR) is 50.9 cm³/mol. The Kier molecular flexibility index (Phi) is 4.34. The van der Waals surface area contributed by atoms with Gasteiger partial charge >= 0.3 is 0 Å². The van der Waals surface area contributed by atoms with Crippen molar-refractivity contribution < 1.29 is 4.39 Å². The van der Waals surface area contributed by atoms with Crippen molar-refractivity contribution in [1.82, 2.24) is 0 Å². The average molecular weight is 170 g/mol. The third kappa shape index (κ3) is 3.38. The fourth-order valence-electron chi connectivity index (χ4n) is 1.90. The molecule has 1 aliphatic carbocycles. The molecule has 0 spiro atoms. The molecule has 0 heterocycles. The second-order valence-electron chi connectivity index (χ2n) is 3.81. The van der Waals surface area contributed by atoms with Crippen LogP contribution in [0, 0.1) is 5.92 Å². The van der Waals surface area contributed by atoms with E-state index < -0.39 is 6.17 Å². The van der Waals surface area contributed by atoms with Crippen LogP contribution in [-0.4, -0.2) is 6.17 Å². The van der Waals surface area contributed by atoms with Crippen LogP contribution in [0.2, 0.25) is 0 Å². The second-order valence-corrected chi connectivity index (χ2v) is 3.81. The number of allylic oxidation sites excluding steroid dienone is 1. The lowest BCUT2D eigenvalue weighted by Crippen LogP contribution is -1.98. The van der Waals surface area contributed by atoms with Crippen LogP contribution in [0.3, 0.4) is 0 Å². The molecule has 0 amide bonds. The highest BCUT2D eigenvalue weighted by molar-refractivity contribution is 4.80. The predicted octanol–water partition coefficient (Wildman–Crippen LogP) is 3.87. The Balaban J connectivity index is 2.31. The molecular formula is C11H19F. The van der Waals surface area contributed by atoms with E-state index in [0.717, 1.165) is 32.1 Å². The smallest absolute Gasteiger partial charge is 0.100 e. The Morgan fingerprint density at radius 3 is 2.33 bits per heavy atom. The Hall–Kier alpha value is -0.330. The molecule has 1 aliphatic rings. The fraction of sp³-hybridized carbons (Fsp3) is 0.818. The summed E-state index contributed by atoms with van der Waals surface area (Å²) < 4.78 is 13.0. The van der Waals surface area contributed by atoms with Gasteiger partial charge in [-0.2, -0.15) is 0 Å². The first kappa shape index (κ1) is 9.76. The number of hydrogen-bond donors (Lipinski definition) is 0. The summed E-state index contributed by atoms with van der Waals surface area (Å²) in [6.45, 7) is 3.81. The Labute approximate surface area is 74.9 Å². The first-order valence-electron chi connectivity index (χ1n) is 5.09. The van der Waals surface area contributed by atoms with Crippen molar-refractivity contribution in [3.05, 3.63) is 12.7 Å². The monoisotopic (exact) mass is 170 g/mol. The first-order valence-corrected chi connectivity index (χ1v) is 5.09. The second kappa shape index (κ2) is 5.34. The zero-order valence-corrected chi connectivity index (χ0v) is 7.77. The van der Waals surface area contributed by atoms with Crippen molar-refractivity contribution in [2.24, 2.45) is 5.92 Å². The summed E-state index contributed by atoms with van der Waals surface area (Å²) in [7, 11) is 0. The van der Waals surface area contributed by atoms with E-state index in [1.807, 2.05) is 6.08 Å². The van der Waals surface area contributed by atoms with Crippen molar-refractivity contribution in [1.29, 1.82) is 0 Å². The maximum atomic E-state index is 13.0. The fourth-order valence-corrected chi connectivity index (χ4v) is 1.90. The standard InChI is InChI=1S/C11H19F/c1-2-10-6-3-4-8-11(12)9-5-7-10/h2,10-11H,1,3-9H2. The molecule has 2 atom stereocenters. The van der Waals surface area contributed by atoms with Gasteiger partial charge in [0, 0.05) is 0 Å². The molecule has 1 saturated carbocycles. The minimum absolute atomic E-state index is 0.534. The van der Waals surface area contributed by atoms with Gasteiger partial charge in [0.1, 0.15) is 6.17 Å². The summed E-state index contributed by atoms with van der Waals surface area (Å²) >= 11 is 0. The van der Waals surface area contributed by atoms with E-state index in [1.165, 1.54) is 12.8 Å². The van der Waals surface area contributed by atoms with Crippen LogP contribution < -0.4 is 0 Å². The maximum Gasteiger partial charge on any atom is 0.100 e. The van der Waals surface area contributed by atoms with Crippen LogP contribution >= 0.6 is 0 Å². The molecule has 0 N–H and O–H groups in total. The van der Waals surface area contributed by atoms with Gasteiger partial charge in [0.25, 0.3) is 0 Å². The van der Waals surface area contributed by atoms with Gasteiger partial charge in [-0.05, 0) is 38.0 Å². The molecule has 0 saturated heterocycles. The lowest BCUT2D eigenvalue weighted by atomic mass is 9.97. The van der Waals surface area contributed by atoms with Gasteiger partial charge in [-0.3, -0.25) is 0 Å². The molecule has 0 aromatic heterocycles. The molecule has 0 bridgehead atoms. The highest BCUT2D eigenvalue weighted by Gasteiger charge is 2.12. The van der Waals surface area contributed by atoms with Gasteiger partial charge < -0.3 is 0 Å². The van der Waals surface area contributed by atoms with E-state index >= 15 is 0 Å². The largest absolute Gasteiger partial charge is 0.247 e. The zero-order valence-electron chi connectivity index (χ0n) is 7.77. The van der Waals surface area contributed by atoms with Crippen molar-refractivity contribution in [3.8, 4) is 0 Å². The van der Waals surface area contributed by atoms with Gasteiger partial charge in [-0.25, -0.2) is 4.39 Å². The number of halogens is 1. The van der Waals surface area contributed by atoms with Gasteiger partial charge in [0.2, 0.25) is 0 Å². The summed E-state index contributed by atoms with van der Waals surface area (Å²) in [5.74, 6) is 0.648. The molecular weight excluding hydrogens is 151 g/mol. The topological polar surface area (TPSA) is 0 Å². The molecule has 0 nitrogen and oxygen atoms in total. The van der Waals surface area contributed by atoms with E-state index in [0.29, 0.717) is 5.92 Å². The molecule has 1 heteroatoms. The van der Waals surface area contributed by atoms with Crippen LogP contribution in [0.4, 0.5) is 4.39 Å². The summed E-state index contributed by atoms with van der Waals surface area (Å²) in [5, 5.41) is 0. The normalized spacial score (nSPS) is 33.1. The summed E-state index contributed by atoms with van der Waals surface area (Å²) in [6, 6.07) is 0. The molecule has 0 aliphatic heterocycles. The molecule has 0 aromatic rings. The van der Waals surface area contributed by atoms with Gasteiger partial charge in [-0.1, -0.05) is 18.9 Å². The van der Waals surface area contributed by atoms with Crippen LogP contribution in [0.5, 0.6) is 0 Å². The highest BCUT2D eigenvalue weighted by atomic mass is 19.1. The number of rotatable bonds is 1. The van der Waals surface area contributed by atoms with E-state index in [-0.39, 0.29) is 0 Å². The van der Waals surface area contributed by atoms with Crippen molar-refractivity contribution in [2.75, 3.05) is 0 Å². The molecule has 1 rings (SSSR count). The summed E-state index contributed by atoms with van der Waals surface area (Å²) in [4.78, 5) is 0. The van der Waals surface area contributed by atoms with Crippen LogP contribution in [-0.2, 0) is 0 Å². The van der Waals surface area contributed by atoms with Crippen molar-refractivity contribution >= 4 is 0 Å². The van der Waals surface area contributed by atoms with Crippen molar-refractivity contribution in [2.45, 2.75) is 51.1 Å². The summed E-state index contributed by atoms with van der Waals surface area (Å²) in [5.41, 5.74) is 0. The van der Waals surface area contributed by atoms with Gasteiger partial charge in [0.15, 0.2) is 0 Å². The Bertz CT molecular complexity index is 131. The van der Waals surface area contributed by atoms with Crippen LogP contribution in [0.15, 0.2) is 12.7 Å². The molecule has 12 heavy (non-hydrogen) atoms. The van der Waals surface area contributed by atoms with E-state index in [1.54, 1.807) is 0 Å². The summed E-state index contributed by atoms with van der Waals surface area (Å²) in [6.07, 6.45) is 8.70. The third-order valence-corrected chi connectivity index (χ3v) is 2.77. The Morgan fingerprint density at radius 1 is 1.00 bits per heavy atom. The molecule has 2 unspecified atom stereocenters.